The van der Waals surface area contributed by atoms with Crippen LogP contribution in [0.3, 0.4) is 0 Å². The first-order chi connectivity index (χ1) is 10.6. The molecule has 22 heavy (non-hydrogen) atoms. The molecule has 1 fully saturated rings. The first-order valence-electron chi connectivity index (χ1n) is 7.29. The predicted octanol–water partition coefficient (Wildman–Crippen LogP) is 1.91. The summed E-state index contributed by atoms with van der Waals surface area (Å²) in [7, 11) is 1.86. The van der Waals surface area contributed by atoms with Crippen LogP contribution in [-0.4, -0.2) is 33.3 Å². The lowest BCUT2D eigenvalue weighted by Gasteiger charge is -2.44. The standard InChI is InChI=1S/C14H17ClN4O2S/c1-19-6-10(17-18-19)9-5-14(2-3-16-9)13-8(4-12(15)22-13)11(20)7-21-14/h4,6,9,11,16,20H,2-3,5,7H2,1H3/t9-,11?,14-/m0/s1. The van der Waals surface area contributed by atoms with E-state index >= 15 is 0 Å². The fourth-order valence-electron chi connectivity index (χ4n) is 3.39. The van der Waals surface area contributed by atoms with E-state index in [-0.39, 0.29) is 11.6 Å². The van der Waals surface area contributed by atoms with Crippen LogP contribution >= 0.6 is 22.9 Å². The summed E-state index contributed by atoms with van der Waals surface area (Å²) in [5, 5.41) is 21.9. The third-order valence-corrected chi connectivity index (χ3v) is 5.92. The fourth-order valence-corrected chi connectivity index (χ4v) is 4.87. The minimum absolute atomic E-state index is 0.0893. The van der Waals surface area contributed by atoms with E-state index in [9.17, 15) is 5.11 Å². The number of fused-ring (bicyclic) bond motifs is 2. The maximum absolute atomic E-state index is 10.2. The van der Waals surface area contributed by atoms with Crippen LogP contribution in [0.2, 0.25) is 4.34 Å². The molecule has 1 saturated heterocycles. The highest BCUT2D eigenvalue weighted by atomic mass is 35.5. The third-order valence-electron chi connectivity index (χ3n) is 4.45. The van der Waals surface area contributed by atoms with E-state index in [0.717, 1.165) is 35.5 Å². The lowest BCUT2D eigenvalue weighted by Crippen LogP contribution is -2.46. The molecule has 2 aromatic heterocycles. The van der Waals surface area contributed by atoms with Crippen LogP contribution in [0.1, 0.15) is 41.1 Å². The van der Waals surface area contributed by atoms with Gasteiger partial charge < -0.3 is 15.2 Å². The molecule has 6 nitrogen and oxygen atoms in total. The molecule has 0 bridgehead atoms. The van der Waals surface area contributed by atoms with Crippen molar-refractivity contribution in [2.75, 3.05) is 13.2 Å². The molecule has 1 spiro atoms. The van der Waals surface area contributed by atoms with Gasteiger partial charge in [-0.05, 0) is 19.0 Å². The van der Waals surface area contributed by atoms with Crippen molar-refractivity contribution in [3.05, 3.63) is 32.7 Å². The van der Waals surface area contributed by atoms with Gasteiger partial charge in [0.05, 0.1) is 22.7 Å². The summed E-state index contributed by atoms with van der Waals surface area (Å²) in [4.78, 5) is 1.06. The minimum Gasteiger partial charge on any atom is -0.386 e. The van der Waals surface area contributed by atoms with Gasteiger partial charge in [0.15, 0.2) is 0 Å². The van der Waals surface area contributed by atoms with Gasteiger partial charge in [0.25, 0.3) is 0 Å². The first kappa shape index (κ1) is 14.6. The molecule has 2 N–H and O–H groups in total. The van der Waals surface area contributed by atoms with E-state index in [1.165, 1.54) is 11.3 Å². The highest BCUT2D eigenvalue weighted by molar-refractivity contribution is 7.16. The second-order valence-corrected chi connectivity index (χ2v) is 7.62. The summed E-state index contributed by atoms with van der Waals surface area (Å²) in [6.07, 6.45) is 2.97. The number of aliphatic hydroxyl groups excluding tert-OH is 1. The number of ether oxygens (including phenoxy) is 1. The molecule has 0 saturated carbocycles. The average Bonchev–Trinajstić information content (AvgIpc) is 3.11. The number of aliphatic hydroxyl groups is 1. The Morgan fingerprint density at radius 2 is 2.45 bits per heavy atom. The molecule has 2 aliphatic rings. The summed E-state index contributed by atoms with van der Waals surface area (Å²) < 4.78 is 8.53. The molecule has 4 rings (SSSR count). The van der Waals surface area contributed by atoms with Crippen molar-refractivity contribution in [3.8, 4) is 0 Å². The predicted molar refractivity (Wildman–Crippen MR) is 82.9 cm³/mol. The Bertz CT molecular complexity index is 703. The second-order valence-electron chi connectivity index (χ2n) is 5.93. The largest absolute Gasteiger partial charge is 0.386 e. The zero-order chi connectivity index (χ0) is 15.3. The fraction of sp³-hybridized carbons (Fsp3) is 0.571. The molecule has 3 atom stereocenters. The van der Waals surface area contributed by atoms with Crippen LogP contribution in [-0.2, 0) is 17.4 Å². The van der Waals surface area contributed by atoms with Gasteiger partial charge >= 0.3 is 0 Å². The van der Waals surface area contributed by atoms with Crippen LogP contribution < -0.4 is 5.32 Å². The van der Waals surface area contributed by atoms with E-state index in [4.69, 9.17) is 16.3 Å². The molecule has 8 heteroatoms. The molecule has 1 unspecified atom stereocenters. The number of piperidine rings is 1. The summed E-state index contributed by atoms with van der Waals surface area (Å²) in [5.41, 5.74) is 1.45. The van der Waals surface area contributed by atoms with Gasteiger partial charge in [-0.15, -0.1) is 16.4 Å². The van der Waals surface area contributed by atoms with Crippen molar-refractivity contribution in [2.45, 2.75) is 30.6 Å². The van der Waals surface area contributed by atoms with Crippen LogP contribution in [0, 0.1) is 0 Å². The zero-order valence-electron chi connectivity index (χ0n) is 12.1. The first-order valence-corrected chi connectivity index (χ1v) is 8.48. The monoisotopic (exact) mass is 340 g/mol. The van der Waals surface area contributed by atoms with E-state index in [2.05, 4.69) is 15.6 Å². The average molecular weight is 341 g/mol. The highest BCUT2D eigenvalue weighted by Crippen LogP contribution is 2.50. The van der Waals surface area contributed by atoms with E-state index in [1.54, 1.807) is 4.68 Å². The molecule has 118 valence electrons. The van der Waals surface area contributed by atoms with Crippen LogP contribution in [0.25, 0.3) is 0 Å². The topological polar surface area (TPSA) is 72.2 Å². The van der Waals surface area contributed by atoms with Crippen molar-refractivity contribution >= 4 is 22.9 Å². The quantitative estimate of drug-likeness (QED) is 0.829. The van der Waals surface area contributed by atoms with E-state index in [0.29, 0.717) is 10.9 Å². The third kappa shape index (κ3) is 2.28. The van der Waals surface area contributed by atoms with E-state index < -0.39 is 6.10 Å². The summed E-state index contributed by atoms with van der Waals surface area (Å²) in [6, 6.07) is 1.96. The van der Waals surface area contributed by atoms with Gasteiger partial charge in [-0.2, -0.15) is 0 Å². The summed E-state index contributed by atoms with van der Waals surface area (Å²) in [5.74, 6) is 0. The molecule has 0 radical (unpaired) electrons. The van der Waals surface area contributed by atoms with Gasteiger partial charge in [0, 0.05) is 30.1 Å². The van der Waals surface area contributed by atoms with Crippen LogP contribution in [0.4, 0.5) is 0 Å². The number of hydrogen-bond donors (Lipinski definition) is 2. The normalized spacial score (nSPS) is 31.4. The Hall–Kier alpha value is -0.990. The Balaban J connectivity index is 1.70. The molecule has 0 aromatic carbocycles. The van der Waals surface area contributed by atoms with Crippen molar-refractivity contribution < 1.29 is 9.84 Å². The van der Waals surface area contributed by atoms with Crippen molar-refractivity contribution in [2.24, 2.45) is 7.05 Å². The SMILES string of the molecule is Cn1cc([C@@H]2C[C@]3(CCN2)OCC(O)c2cc(Cl)sc23)nn1. The van der Waals surface area contributed by atoms with Crippen molar-refractivity contribution in [3.63, 3.8) is 0 Å². The second kappa shape index (κ2) is 5.28. The lowest BCUT2D eigenvalue weighted by atomic mass is 9.81. The Morgan fingerprint density at radius 3 is 3.23 bits per heavy atom. The Labute approximate surface area is 137 Å². The molecule has 4 heterocycles. The van der Waals surface area contributed by atoms with Crippen molar-refractivity contribution in [1.82, 2.24) is 20.3 Å². The van der Waals surface area contributed by atoms with Gasteiger partial charge in [0.2, 0.25) is 0 Å². The van der Waals surface area contributed by atoms with Crippen LogP contribution in [0.5, 0.6) is 0 Å². The van der Waals surface area contributed by atoms with Crippen molar-refractivity contribution in [1.29, 1.82) is 0 Å². The maximum atomic E-state index is 10.2. The summed E-state index contributed by atoms with van der Waals surface area (Å²) in [6.45, 7) is 1.14. The number of rotatable bonds is 1. The Kier molecular flexibility index (Phi) is 3.50. The molecular weight excluding hydrogens is 324 g/mol. The molecular formula is C14H17ClN4O2S. The molecule has 2 aromatic rings. The highest BCUT2D eigenvalue weighted by Gasteiger charge is 2.46. The van der Waals surface area contributed by atoms with Gasteiger partial charge in [-0.1, -0.05) is 16.8 Å². The van der Waals surface area contributed by atoms with E-state index in [1.807, 2.05) is 19.3 Å². The molecule has 0 amide bonds. The number of thiophene rings is 1. The number of aromatic nitrogens is 3. The Morgan fingerprint density at radius 1 is 1.59 bits per heavy atom. The van der Waals surface area contributed by atoms with Gasteiger partial charge in [0.1, 0.15) is 11.7 Å². The number of halogens is 1. The van der Waals surface area contributed by atoms with Crippen LogP contribution in [0.15, 0.2) is 12.3 Å². The van der Waals surface area contributed by atoms with Gasteiger partial charge in [-0.3, -0.25) is 4.68 Å². The summed E-state index contributed by atoms with van der Waals surface area (Å²) >= 11 is 7.70. The smallest absolute Gasteiger partial charge is 0.106 e. The minimum atomic E-state index is -0.589. The number of hydrogen-bond acceptors (Lipinski definition) is 6. The number of nitrogens with zero attached hydrogens (tertiary/aromatic N) is 3. The number of aryl methyl sites for hydroxylation is 1. The molecule has 0 aliphatic carbocycles. The zero-order valence-corrected chi connectivity index (χ0v) is 13.7. The number of nitrogens with one attached hydrogen (secondary N) is 1. The lowest BCUT2D eigenvalue weighted by molar-refractivity contribution is -0.123. The van der Waals surface area contributed by atoms with Gasteiger partial charge in [-0.25, -0.2) is 0 Å². The maximum Gasteiger partial charge on any atom is 0.106 e. The molecule has 2 aliphatic heterocycles.